The van der Waals surface area contributed by atoms with Crippen molar-refractivity contribution in [1.82, 2.24) is 15.0 Å². The molecule has 0 amide bonds. The van der Waals surface area contributed by atoms with Crippen LogP contribution in [0.4, 0.5) is 0 Å². The number of aromatic nitrogens is 3. The molecule has 10 aromatic rings. The van der Waals surface area contributed by atoms with E-state index >= 15 is 0 Å². The summed E-state index contributed by atoms with van der Waals surface area (Å²) in [7, 11) is 0. The minimum atomic E-state index is 0.566. The van der Waals surface area contributed by atoms with Gasteiger partial charge in [0.05, 0.1) is 5.56 Å². The van der Waals surface area contributed by atoms with Crippen molar-refractivity contribution >= 4 is 53.4 Å². The van der Waals surface area contributed by atoms with Gasteiger partial charge in [0.1, 0.15) is 11.2 Å². The number of nitrogens with zero attached hydrogens (tertiary/aromatic N) is 3. The van der Waals surface area contributed by atoms with Crippen molar-refractivity contribution in [3.63, 3.8) is 0 Å². The van der Waals surface area contributed by atoms with E-state index in [2.05, 4.69) is 121 Å². The number of hydrogen-bond acceptors (Lipinski definition) is 5. The van der Waals surface area contributed by atoms with Crippen LogP contribution < -0.4 is 0 Å². The van der Waals surface area contributed by atoms with Gasteiger partial charge in [-0.15, -0.1) is 11.3 Å². The summed E-state index contributed by atoms with van der Waals surface area (Å²) in [6, 6.07) is 56.8. The molecule has 50 heavy (non-hydrogen) atoms. The Balaban J connectivity index is 1.13. The minimum Gasteiger partial charge on any atom is -0.455 e. The molecule has 4 nitrogen and oxygen atoms in total. The third kappa shape index (κ3) is 4.79. The van der Waals surface area contributed by atoms with Gasteiger partial charge in [-0.3, -0.25) is 0 Å². The molecule has 0 aliphatic heterocycles. The van der Waals surface area contributed by atoms with E-state index in [0.717, 1.165) is 55.3 Å². The van der Waals surface area contributed by atoms with E-state index in [1.807, 2.05) is 53.8 Å². The average Bonchev–Trinajstić information content (AvgIpc) is 3.76. The lowest BCUT2D eigenvalue weighted by Gasteiger charge is -2.12. The summed E-state index contributed by atoms with van der Waals surface area (Å²) in [5, 5.41) is 4.71. The molecular weight excluding hydrogens is 631 g/mol. The van der Waals surface area contributed by atoms with Crippen molar-refractivity contribution in [1.29, 1.82) is 0 Å². The number of furan rings is 1. The van der Waals surface area contributed by atoms with Crippen molar-refractivity contribution in [2.45, 2.75) is 0 Å². The van der Waals surface area contributed by atoms with Gasteiger partial charge in [-0.25, -0.2) is 15.0 Å². The lowest BCUT2D eigenvalue weighted by atomic mass is 9.99. The maximum absolute atomic E-state index is 6.44. The maximum Gasteiger partial charge on any atom is 0.167 e. The second kappa shape index (κ2) is 11.6. The monoisotopic (exact) mass is 657 g/mol. The molecule has 5 heteroatoms. The Morgan fingerprint density at radius 1 is 0.360 bits per heavy atom. The van der Waals surface area contributed by atoms with Crippen LogP contribution in [0.5, 0.6) is 0 Å². The quantitative estimate of drug-likeness (QED) is 0.185. The third-order valence-electron chi connectivity index (χ3n) is 9.39. The topological polar surface area (TPSA) is 51.8 Å². The fraction of sp³-hybridized carbons (Fsp3) is 0. The molecule has 234 valence electrons. The Morgan fingerprint density at radius 2 is 0.960 bits per heavy atom. The zero-order valence-corrected chi connectivity index (χ0v) is 27.6. The smallest absolute Gasteiger partial charge is 0.167 e. The molecule has 0 N–H and O–H groups in total. The number of rotatable bonds is 5. The Hall–Kier alpha value is -6.43. The van der Waals surface area contributed by atoms with Gasteiger partial charge in [0, 0.05) is 42.1 Å². The van der Waals surface area contributed by atoms with E-state index in [9.17, 15) is 0 Å². The van der Waals surface area contributed by atoms with Gasteiger partial charge in [0.25, 0.3) is 0 Å². The maximum atomic E-state index is 6.44. The summed E-state index contributed by atoms with van der Waals surface area (Å²) in [5.41, 5.74) is 8.77. The van der Waals surface area contributed by atoms with Crippen molar-refractivity contribution in [3.05, 3.63) is 164 Å². The van der Waals surface area contributed by atoms with Gasteiger partial charge in [-0.05, 0) is 46.5 Å². The molecule has 0 radical (unpaired) electrons. The fourth-order valence-electron chi connectivity index (χ4n) is 6.93. The molecule has 0 saturated carbocycles. The van der Waals surface area contributed by atoms with Gasteiger partial charge >= 0.3 is 0 Å². The Bertz CT molecular complexity index is 2870. The predicted octanol–water partition coefficient (Wildman–Crippen LogP) is 12.5. The molecule has 0 bridgehead atoms. The molecule has 0 saturated heterocycles. The molecule has 10 rings (SSSR count). The van der Waals surface area contributed by atoms with Crippen LogP contribution in [-0.2, 0) is 0 Å². The third-order valence-corrected chi connectivity index (χ3v) is 10.5. The van der Waals surface area contributed by atoms with E-state index in [1.54, 1.807) is 0 Å². The van der Waals surface area contributed by atoms with Crippen LogP contribution in [0, 0.1) is 0 Å². The highest BCUT2D eigenvalue weighted by atomic mass is 32.1. The summed E-state index contributed by atoms with van der Waals surface area (Å²) < 4.78 is 9.03. The molecule has 0 aliphatic carbocycles. The fourth-order valence-corrected chi connectivity index (χ4v) is 8.08. The predicted molar refractivity (Wildman–Crippen MR) is 207 cm³/mol. The molecule has 0 unspecified atom stereocenters. The molecule has 3 heterocycles. The van der Waals surface area contributed by atoms with Gasteiger partial charge in [-0.2, -0.15) is 0 Å². The lowest BCUT2D eigenvalue weighted by Crippen LogP contribution is -2.01. The van der Waals surface area contributed by atoms with Gasteiger partial charge in [0.2, 0.25) is 0 Å². The highest BCUT2D eigenvalue weighted by molar-refractivity contribution is 7.25. The second-order valence-corrected chi connectivity index (χ2v) is 13.5. The summed E-state index contributed by atoms with van der Waals surface area (Å²) in [6.45, 7) is 0. The van der Waals surface area contributed by atoms with Crippen LogP contribution >= 0.6 is 11.3 Å². The van der Waals surface area contributed by atoms with Crippen molar-refractivity contribution in [3.8, 4) is 56.4 Å². The van der Waals surface area contributed by atoms with Gasteiger partial charge in [-0.1, -0.05) is 140 Å². The number of para-hydroxylation sites is 2. The van der Waals surface area contributed by atoms with E-state index in [1.165, 1.54) is 25.7 Å². The van der Waals surface area contributed by atoms with E-state index in [-0.39, 0.29) is 0 Å². The summed E-state index contributed by atoms with van der Waals surface area (Å²) in [6.07, 6.45) is 0. The molecule has 7 aromatic carbocycles. The molecule has 3 aromatic heterocycles. The van der Waals surface area contributed by atoms with Crippen LogP contribution in [-0.4, -0.2) is 15.0 Å². The standard InChI is InChI=1S/C45H27N3OS/c1-2-11-29(12-3-1)32-13-4-5-16-37(32)44-46-43(47-45(48-44)38-18-10-17-36-33-14-6-8-19-39(33)49-42(36)38)30-23-21-28(22-24-30)31-25-26-35-34-15-7-9-20-40(34)50-41(35)27-31/h1-27H. The first-order chi connectivity index (χ1) is 24.8. The highest BCUT2D eigenvalue weighted by Gasteiger charge is 2.19. The normalized spacial score (nSPS) is 11.6. The Labute approximate surface area is 292 Å². The minimum absolute atomic E-state index is 0.566. The first kappa shape index (κ1) is 28.6. The Kier molecular flexibility index (Phi) is 6.64. The van der Waals surface area contributed by atoms with Crippen molar-refractivity contribution < 1.29 is 4.42 Å². The van der Waals surface area contributed by atoms with Crippen molar-refractivity contribution in [2.75, 3.05) is 0 Å². The summed E-state index contributed by atoms with van der Waals surface area (Å²) in [5.74, 6) is 1.78. The van der Waals surface area contributed by atoms with Crippen LogP contribution in [0.2, 0.25) is 0 Å². The number of benzene rings is 7. The van der Waals surface area contributed by atoms with Gasteiger partial charge < -0.3 is 4.42 Å². The lowest BCUT2D eigenvalue weighted by molar-refractivity contribution is 0.669. The SMILES string of the molecule is c1ccc(-c2ccccc2-c2nc(-c3ccc(-c4ccc5c(c4)sc4ccccc45)cc3)nc(-c3cccc4c3oc3ccccc34)n2)cc1. The van der Waals surface area contributed by atoms with E-state index in [4.69, 9.17) is 19.4 Å². The zero-order valence-electron chi connectivity index (χ0n) is 26.7. The van der Waals surface area contributed by atoms with E-state index in [0.29, 0.717) is 17.5 Å². The number of fused-ring (bicyclic) bond motifs is 6. The van der Waals surface area contributed by atoms with Crippen LogP contribution in [0.15, 0.2) is 168 Å². The van der Waals surface area contributed by atoms with Crippen LogP contribution in [0.3, 0.4) is 0 Å². The van der Waals surface area contributed by atoms with E-state index < -0.39 is 0 Å². The molecule has 0 atom stereocenters. The largest absolute Gasteiger partial charge is 0.455 e. The highest BCUT2D eigenvalue weighted by Crippen LogP contribution is 2.39. The number of thiophene rings is 1. The Morgan fingerprint density at radius 3 is 1.82 bits per heavy atom. The second-order valence-electron chi connectivity index (χ2n) is 12.4. The van der Waals surface area contributed by atoms with Crippen LogP contribution in [0.25, 0.3) is 98.5 Å². The molecule has 0 aliphatic rings. The van der Waals surface area contributed by atoms with Crippen molar-refractivity contribution in [2.24, 2.45) is 0 Å². The molecule has 0 spiro atoms. The first-order valence-corrected chi connectivity index (χ1v) is 17.4. The molecular formula is C45H27N3OS. The van der Waals surface area contributed by atoms with Crippen LogP contribution in [0.1, 0.15) is 0 Å². The number of hydrogen-bond donors (Lipinski definition) is 0. The first-order valence-electron chi connectivity index (χ1n) is 16.6. The average molecular weight is 658 g/mol. The van der Waals surface area contributed by atoms with Gasteiger partial charge in [0.15, 0.2) is 17.5 Å². The molecule has 0 fully saturated rings. The summed E-state index contributed by atoms with van der Waals surface area (Å²) in [4.78, 5) is 15.4. The summed E-state index contributed by atoms with van der Waals surface area (Å²) >= 11 is 1.84. The zero-order chi connectivity index (χ0) is 33.0.